The van der Waals surface area contributed by atoms with Crippen molar-refractivity contribution >= 4 is 18.9 Å². The summed E-state index contributed by atoms with van der Waals surface area (Å²) in [5.41, 5.74) is 3.64. The third-order valence-electron chi connectivity index (χ3n) is 4.42. The van der Waals surface area contributed by atoms with E-state index in [2.05, 4.69) is 5.32 Å². The topological polar surface area (TPSA) is 89.9 Å². The lowest BCUT2D eigenvalue weighted by Crippen LogP contribution is -2.51. The van der Waals surface area contributed by atoms with E-state index in [1.807, 2.05) is 32.0 Å². The van der Waals surface area contributed by atoms with Crippen molar-refractivity contribution in [3.8, 4) is 0 Å². The summed E-state index contributed by atoms with van der Waals surface area (Å²) in [6, 6.07) is 5.88. The zero-order chi connectivity index (χ0) is 19.9. The van der Waals surface area contributed by atoms with Crippen molar-refractivity contribution in [1.82, 2.24) is 10.2 Å². The minimum atomic E-state index is -1.69. The van der Waals surface area contributed by atoms with Gasteiger partial charge in [-0.2, -0.15) is 0 Å². The molecular weight excluding hydrogens is 331 g/mol. The second kappa shape index (κ2) is 10.1. The van der Waals surface area contributed by atoms with Crippen molar-refractivity contribution in [2.75, 3.05) is 13.1 Å². The predicted molar refractivity (Wildman–Crippen MR) is 103 cm³/mol. The molecule has 3 N–H and O–H groups in total. The molecule has 0 heterocycles. The molecule has 1 unspecified atom stereocenters. The smallest absolute Gasteiger partial charge is 0.426 e. The first-order chi connectivity index (χ1) is 12.2. The number of hydrogen-bond donors (Lipinski definition) is 3. The molecule has 6 nitrogen and oxygen atoms in total. The van der Waals surface area contributed by atoms with Crippen LogP contribution in [0.1, 0.15) is 37.5 Å². The van der Waals surface area contributed by atoms with Crippen LogP contribution in [0.5, 0.6) is 0 Å². The molecule has 0 bridgehead atoms. The zero-order valence-electron chi connectivity index (χ0n) is 16.2. The number of likely N-dealkylation sites (N-methyl/N-ethyl adjacent to an activating group) is 1. The molecule has 0 aliphatic rings. The third kappa shape index (κ3) is 6.31. The van der Waals surface area contributed by atoms with Crippen molar-refractivity contribution in [1.29, 1.82) is 0 Å². The average molecular weight is 360 g/mol. The summed E-state index contributed by atoms with van der Waals surface area (Å²) in [4.78, 5) is 26.0. The summed E-state index contributed by atoms with van der Waals surface area (Å²) in [6.07, 6.45) is 1.99. The van der Waals surface area contributed by atoms with Gasteiger partial charge in [-0.05, 0) is 52.2 Å². The Balaban J connectivity index is 2.80. The second-order valence-corrected chi connectivity index (χ2v) is 6.51. The standard InChI is InChI=1S/C19H29BN2O4/c1-6-14(4)19(24)22(7-2)12-18(23)21-17(20(25)26)11-16-9-8-13(3)10-15(16)5/h6,8-10,17,25-26H,7,11-12H2,1-5H3,(H,21,23)/b14-6+. The SMILES string of the molecule is C/C=C(\C)C(=O)N(CC)CC(=O)NC(Cc1ccc(C)cc1C)B(O)O. The summed E-state index contributed by atoms with van der Waals surface area (Å²) in [5.74, 6) is -1.48. The minimum absolute atomic E-state index is 0.128. The molecule has 0 radical (unpaired) electrons. The molecule has 0 spiro atoms. The van der Waals surface area contributed by atoms with E-state index in [1.165, 1.54) is 4.90 Å². The first kappa shape index (κ1) is 21.9. The Hall–Kier alpha value is -2.12. The van der Waals surface area contributed by atoms with E-state index >= 15 is 0 Å². The molecule has 1 aromatic rings. The van der Waals surface area contributed by atoms with Gasteiger partial charge in [0.25, 0.3) is 0 Å². The van der Waals surface area contributed by atoms with Crippen LogP contribution < -0.4 is 5.32 Å². The summed E-state index contributed by atoms with van der Waals surface area (Å²) < 4.78 is 0. The van der Waals surface area contributed by atoms with Crippen molar-refractivity contribution in [2.24, 2.45) is 0 Å². The maximum Gasteiger partial charge on any atom is 0.475 e. The van der Waals surface area contributed by atoms with Crippen LogP contribution in [0.3, 0.4) is 0 Å². The third-order valence-corrected chi connectivity index (χ3v) is 4.42. The van der Waals surface area contributed by atoms with E-state index < -0.39 is 19.0 Å². The molecule has 142 valence electrons. The Labute approximate surface area is 156 Å². The van der Waals surface area contributed by atoms with Gasteiger partial charge in [0, 0.05) is 12.1 Å². The Morgan fingerprint density at radius 2 is 1.96 bits per heavy atom. The molecule has 1 aromatic carbocycles. The fraction of sp³-hybridized carbons (Fsp3) is 0.474. The normalized spacial score (nSPS) is 12.5. The van der Waals surface area contributed by atoms with Crippen molar-refractivity contribution in [3.63, 3.8) is 0 Å². The number of carbonyl (C=O) groups is 2. The van der Waals surface area contributed by atoms with Gasteiger partial charge in [0.15, 0.2) is 0 Å². The second-order valence-electron chi connectivity index (χ2n) is 6.51. The molecule has 0 saturated carbocycles. The minimum Gasteiger partial charge on any atom is -0.426 e. The van der Waals surface area contributed by atoms with Gasteiger partial charge in [0.2, 0.25) is 11.8 Å². The maximum absolute atomic E-state index is 12.3. The van der Waals surface area contributed by atoms with E-state index in [-0.39, 0.29) is 12.5 Å². The molecular formula is C19H29BN2O4. The lowest BCUT2D eigenvalue weighted by molar-refractivity contribution is -0.133. The van der Waals surface area contributed by atoms with E-state index in [0.29, 0.717) is 18.5 Å². The summed E-state index contributed by atoms with van der Waals surface area (Å²) in [5, 5.41) is 21.9. The Kier molecular flexibility index (Phi) is 8.55. The molecule has 1 atom stereocenters. The summed E-state index contributed by atoms with van der Waals surface area (Å²) >= 11 is 0. The van der Waals surface area contributed by atoms with Crippen LogP contribution in [0.4, 0.5) is 0 Å². The first-order valence-electron chi connectivity index (χ1n) is 8.83. The van der Waals surface area contributed by atoms with Crippen molar-refractivity contribution in [2.45, 2.75) is 47.0 Å². The first-order valence-corrected chi connectivity index (χ1v) is 8.83. The lowest BCUT2D eigenvalue weighted by Gasteiger charge is -2.24. The number of aryl methyl sites for hydroxylation is 2. The van der Waals surface area contributed by atoms with Crippen LogP contribution >= 0.6 is 0 Å². The molecule has 0 aromatic heterocycles. The molecule has 0 aliphatic heterocycles. The number of rotatable bonds is 8. The van der Waals surface area contributed by atoms with Gasteiger partial charge in [-0.1, -0.05) is 29.8 Å². The van der Waals surface area contributed by atoms with Crippen LogP contribution in [0.25, 0.3) is 0 Å². The van der Waals surface area contributed by atoms with Crippen molar-refractivity contribution < 1.29 is 19.6 Å². The number of nitrogens with zero attached hydrogens (tertiary/aromatic N) is 1. The predicted octanol–water partition coefficient (Wildman–Crippen LogP) is 1.16. The molecule has 7 heteroatoms. The van der Waals surface area contributed by atoms with Crippen LogP contribution in [0, 0.1) is 13.8 Å². The molecule has 0 aliphatic carbocycles. The Bertz CT molecular complexity index is 674. The number of benzene rings is 1. The quantitative estimate of drug-likeness (QED) is 0.479. The van der Waals surface area contributed by atoms with E-state index in [0.717, 1.165) is 16.7 Å². The van der Waals surface area contributed by atoms with Gasteiger partial charge in [0.1, 0.15) is 0 Å². The van der Waals surface area contributed by atoms with Gasteiger partial charge >= 0.3 is 7.12 Å². The average Bonchev–Trinajstić information content (AvgIpc) is 2.59. The Morgan fingerprint density at radius 3 is 2.46 bits per heavy atom. The maximum atomic E-state index is 12.3. The molecule has 1 rings (SSSR count). The van der Waals surface area contributed by atoms with Crippen LogP contribution in [-0.2, 0) is 16.0 Å². The summed E-state index contributed by atoms with van der Waals surface area (Å²) in [6.45, 7) is 9.45. The van der Waals surface area contributed by atoms with Crippen LogP contribution in [0.2, 0.25) is 0 Å². The number of amides is 2. The van der Waals surface area contributed by atoms with E-state index in [4.69, 9.17) is 0 Å². The van der Waals surface area contributed by atoms with E-state index in [1.54, 1.807) is 26.8 Å². The number of allylic oxidation sites excluding steroid dienone is 1. The Morgan fingerprint density at radius 1 is 1.31 bits per heavy atom. The lowest BCUT2D eigenvalue weighted by atomic mass is 9.75. The number of hydrogen-bond acceptors (Lipinski definition) is 4. The fourth-order valence-corrected chi connectivity index (χ4v) is 2.67. The highest BCUT2D eigenvalue weighted by Crippen LogP contribution is 2.13. The largest absolute Gasteiger partial charge is 0.475 e. The molecule has 0 saturated heterocycles. The summed E-state index contributed by atoms with van der Waals surface area (Å²) in [7, 11) is -1.69. The fourth-order valence-electron chi connectivity index (χ4n) is 2.67. The highest BCUT2D eigenvalue weighted by atomic mass is 16.4. The van der Waals surface area contributed by atoms with Gasteiger partial charge < -0.3 is 20.3 Å². The highest BCUT2D eigenvalue weighted by Gasteiger charge is 2.27. The van der Waals surface area contributed by atoms with Gasteiger partial charge in [-0.25, -0.2) is 0 Å². The van der Waals surface area contributed by atoms with Gasteiger partial charge in [-0.15, -0.1) is 0 Å². The molecule has 26 heavy (non-hydrogen) atoms. The van der Waals surface area contributed by atoms with Crippen molar-refractivity contribution in [3.05, 3.63) is 46.5 Å². The van der Waals surface area contributed by atoms with E-state index in [9.17, 15) is 19.6 Å². The zero-order valence-corrected chi connectivity index (χ0v) is 16.2. The monoisotopic (exact) mass is 360 g/mol. The van der Waals surface area contributed by atoms with Gasteiger partial charge in [0.05, 0.1) is 12.5 Å². The number of carbonyl (C=O) groups excluding carboxylic acids is 2. The molecule has 0 fully saturated rings. The van der Waals surface area contributed by atoms with Crippen LogP contribution in [-0.4, -0.2) is 52.9 Å². The van der Waals surface area contributed by atoms with Gasteiger partial charge in [-0.3, -0.25) is 9.59 Å². The highest BCUT2D eigenvalue weighted by molar-refractivity contribution is 6.43. The molecule has 2 amide bonds. The number of nitrogens with one attached hydrogen (secondary N) is 1. The van der Waals surface area contributed by atoms with Crippen LogP contribution in [0.15, 0.2) is 29.8 Å².